The molecular formula is C10H17N9. The first-order valence-electron chi connectivity index (χ1n) is 5.82. The lowest BCUT2D eigenvalue weighted by atomic mass is 10.4. The Balaban J connectivity index is 1.95. The summed E-state index contributed by atoms with van der Waals surface area (Å²) >= 11 is 0. The fourth-order valence-corrected chi connectivity index (χ4v) is 1.44. The average Bonchev–Trinajstić information content (AvgIpc) is 2.74. The molecule has 0 aliphatic carbocycles. The number of hydrogen-bond acceptors (Lipinski definition) is 8. The second-order valence-corrected chi connectivity index (χ2v) is 4.22. The molecule has 0 aromatic carbocycles. The van der Waals surface area contributed by atoms with Gasteiger partial charge in [-0.25, -0.2) is 4.98 Å². The Morgan fingerprint density at radius 1 is 1.32 bits per heavy atom. The van der Waals surface area contributed by atoms with Crippen LogP contribution in [0.25, 0.3) is 0 Å². The molecule has 9 heteroatoms. The minimum atomic E-state index is 0.192. The fraction of sp³-hybridized carbons (Fsp3) is 0.500. The highest BCUT2D eigenvalue weighted by Crippen LogP contribution is 2.08. The number of rotatable bonds is 5. The first-order valence-corrected chi connectivity index (χ1v) is 5.82. The molecule has 0 aliphatic heterocycles. The van der Waals surface area contributed by atoms with Gasteiger partial charge in [-0.05, 0) is 0 Å². The van der Waals surface area contributed by atoms with E-state index >= 15 is 0 Å². The second kappa shape index (κ2) is 5.46. The maximum absolute atomic E-state index is 5.63. The molecule has 0 fully saturated rings. The number of nitrogen functional groups attached to an aromatic ring is 1. The summed E-state index contributed by atoms with van der Waals surface area (Å²) in [6.07, 6.45) is 2.35. The lowest BCUT2D eigenvalue weighted by Crippen LogP contribution is -2.17. The normalized spacial score (nSPS) is 10.5. The van der Waals surface area contributed by atoms with E-state index in [-0.39, 0.29) is 5.95 Å². The van der Waals surface area contributed by atoms with Crippen LogP contribution in [0.4, 0.5) is 17.8 Å². The first kappa shape index (κ1) is 13.0. The third-order valence-electron chi connectivity index (χ3n) is 2.32. The highest BCUT2D eigenvalue weighted by atomic mass is 15.3. The standard InChI is InChI=1S/C10H17N9/c1-18(2)10-15-8(11)14-9(16-10)12-5-4-7-13-6-19(3)17-7/h6H,4-5H2,1-3H3,(H3,11,12,14,15,16). The van der Waals surface area contributed by atoms with Crippen LogP contribution in [0, 0.1) is 0 Å². The molecule has 0 bridgehead atoms. The van der Waals surface area contributed by atoms with E-state index in [2.05, 4.69) is 30.4 Å². The van der Waals surface area contributed by atoms with E-state index in [1.165, 1.54) is 0 Å². The second-order valence-electron chi connectivity index (χ2n) is 4.22. The molecule has 2 rings (SSSR count). The number of hydrogen-bond donors (Lipinski definition) is 2. The number of nitrogens with two attached hydrogens (primary N) is 1. The molecule has 0 radical (unpaired) electrons. The van der Waals surface area contributed by atoms with Crippen molar-refractivity contribution in [2.75, 3.05) is 36.6 Å². The van der Waals surface area contributed by atoms with Crippen LogP contribution in [0.5, 0.6) is 0 Å². The number of nitrogens with one attached hydrogen (secondary N) is 1. The Bertz CT molecular complexity index is 548. The molecule has 0 spiro atoms. The minimum absolute atomic E-state index is 0.192. The molecule has 0 saturated heterocycles. The minimum Gasteiger partial charge on any atom is -0.368 e. The summed E-state index contributed by atoms with van der Waals surface area (Å²) in [5.74, 6) is 1.93. The SMILES string of the molecule is CN(C)c1nc(N)nc(NCCc2ncn(C)n2)n1. The van der Waals surface area contributed by atoms with E-state index in [0.717, 1.165) is 5.82 Å². The molecule has 102 valence electrons. The van der Waals surface area contributed by atoms with Gasteiger partial charge in [0.25, 0.3) is 0 Å². The first-order chi connectivity index (χ1) is 9.04. The topological polar surface area (TPSA) is 111 Å². The van der Waals surface area contributed by atoms with Gasteiger partial charge in [0.05, 0.1) is 0 Å². The Kier molecular flexibility index (Phi) is 3.74. The van der Waals surface area contributed by atoms with Crippen LogP contribution in [0.15, 0.2) is 6.33 Å². The van der Waals surface area contributed by atoms with Crippen molar-refractivity contribution in [3.63, 3.8) is 0 Å². The third-order valence-corrected chi connectivity index (χ3v) is 2.32. The molecule has 0 atom stereocenters. The van der Waals surface area contributed by atoms with Crippen molar-refractivity contribution in [2.45, 2.75) is 6.42 Å². The van der Waals surface area contributed by atoms with Crippen LogP contribution < -0.4 is 16.0 Å². The molecule has 9 nitrogen and oxygen atoms in total. The van der Waals surface area contributed by atoms with Gasteiger partial charge >= 0.3 is 0 Å². The molecule has 0 amide bonds. The maximum Gasteiger partial charge on any atom is 0.231 e. The summed E-state index contributed by atoms with van der Waals surface area (Å²) in [5.41, 5.74) is 5.63. The number of nitrogens with zero attached hydrogens (tertiary/aromatic N) is 7. The summed E-state index contributed by atoms with van der Waals surface area (Å²) in [5, 5.41) is 7.27. The molecule has 3 N–H and O–H groups in total. The largest absolute Gasteiger partial charge is 0.368 e. The van der Waals surface area contributed by atoms with Gasteiger partial charge in [0.15, 0.2) is 5.82 Å². The van der Waals surface area contributed by atoms with Crippen LogP contribution in [-0.2, 0) is 13.5 Å². The van der Waals surface area contributed by atoms with E-state index in [1.807, 2.05) is 21.1 Å². The van der Waals surface area contributed by atoms with E-state index in [1.54, 1.807) is 15.9 Å². The molecule has 2 aromatic heterocycles. The zero-order valence-electron chi connectivity index (χ0n) is 11.2. The van der Waals surface area contributed by atoms with E-state index < -0.39 is 0 Å². The monoisotopic (exact) mass is 263 g/mol. The lowest BCUT2D eigenvalue weighted by molar-refractivity contribution is 0.741. The van der Waals surface area contributed by atoms with Gasteiger partial charge in [0, 0.05) is 34.1 Å². The van der Waals surface area contributed by atoms with Crippen LogP contribution in [0.3, 0.4) is 0 Å². The Labute approximate surface area is 110 Å². The van der Waals surface area contributed by atoms with Crippen LogP contribution in [0.1, 0.15) is 5.82 Å². The Hall–Kier alpha value is -2.45. The molecule has 19 heavy (non-hydrogen) atoms. The summed E-state index contributed by atoms with van der Waals surface area (Å²) in [6.45, 7) is 0.625. The Morgan fingerprint density at radius 3 is 2.74 bits per heavy atom. The number of aryl methyl sites for hydroxylation is 1. The Morgan fingerprint density at radius 2 is 2.11 bits per heavy atom. The number of aromatic nitrogens is 6. The molecule has 2 aromatic rings. The van der Waals surface area contributed by atoms with Crippen molar-refractivity contribution >= 4 is 17.8 Å². The summed E-state index contributed by atoms with van der Waals surface area (Å²) < 4.78 is 1.67. The van der Waals surface area contributed by atoms with Crippen LogP contribution in [0.2, 0.25) is 0 Å². The van der Waals surface area contributed by atoms with Gasteiger partial charge < -0.3 is 16.0 Å². The maximum atomic E-state index is 5.63. The van der Waals surface area contributed by atoms with Crippen molar-refractivity contribution in [1.29, 1.82) is 0 Å². The van der Waals surface area contributed by atoms with Crippen LogP contribution in [-0.4, -0.2) is 50.4 Å². The predicted molar refractivity (Wildman–Crippen MR) is 71.8 cm³/mol. The fourth-order valence-electron chi connectivity index (χ4n) is 1.44. The van der Waals surface area contributed by atoms with Crippen molar-refractivity contribution < 1.29 is 0 Å². The van der Waals surface area contributed by atoms with Crippen molar-refractivity contribution in [2.24, 2.45) is 7.05 Å². The predicted octanol–water partition coefficient (Wildman–Crippen LogP) is -0.697. The highest BCUT2D eigenvalue weighted by Gasteiger charge is 2.06. The van der Waals surface area contributed by atoms with E-state index in [9.17, 15) is 0 Å². The van der Waals surface area contributed by atoms with Gasteiger partial charge in [-0.15, -0.1) is 0 Å². The van der Waals surface area contributed by atoms with E-state index in [0.29, 0.717) is 24.9 Å². The number of anilines is 3. The van der Waals surface area contributed by atoms with Gasteiger partial charge in [-0.3, -0.25) is 4.68 Å². The van der Waals surface area contributed by atoms with Gasteiger partial charge in [0.2, 0.25) is 17.8 Å². The van der Waals surface area contributed by atoms with Crippen molar-refractivity contribution in [3.8, 4) is 0 Å². The van der Waals surface area contributed by atoms with Crippen molar-refractivity contribution in [1.82, 2.24) is 29.7 Å². The molecular weight excluding hydrogens is 246 g/mol. The van der Waals surface area contributed by atoms with Gasteiger partial charge in [-0.1, -0.05) is 0 Å². The van der Waals surface area contributed by atoms with E-state index in [4.69, 9.17) is 5.73 Å². The quantitative estimate of drug-likeness (QED) is 0.728. The van der Waals surface area contributed by atoms with Crippen LogP contribution >= 0.6 is 0 Å². The lowest BCUT2D eigenvalue weighted by Gasteiger charge is -2.11. The third kappa shape index (κ3) is 3.50. The summed E-state index contributed by atoms with van der Waals surface area (Å²) in [6, 6.07) is 0. The highest BCUT2D eigenvalue weighted by molar-refractivity contribution is 5.40. The molecule has 0 saturated carbocycles. The molecule has 2 heterocycles. The smallest absolute Gasteiger partial charge is 0.231 e. The van der Waals surface area contributed by atoms with Crippen molar-refractivity contribution in [3.05, 3.63) is 12.2 Å². The summed E-state index contributed by atoms with van der Waals surface area (Å²) in [4.78, 5) is 18.2. The van der Waals surface area contributed by atoms with Gasteiger partial charge in [0.1, 0.15) is 6.33 Å². The zero-order chi connectivity index (χ0) is 13.8. The molecule has 0 aliphatic rings. The van der Waals surface area contributed by atoms with Gasteiger partial charge in [-0.2, -0.15) is 20.1 Å². The average molecular weight is 263 g/mol. The molecule has 0 unspecified atom stereocenters. The zero-order valence-corrected chi connectivity index (χ0v) is 11.2. The summed E-state index contributed by atoms with van der Waals surface area (Å²) in [7, 11) is 5.52.